The molecule has 0 radical (unpaired) electrons. The normalized spacial score (nSPS) is 19.6. The predicted molar refractivity (Wildman–Crippen MR) is 166 cm³/mol. The Labute approximate surface area is 254 Å². The molecule has 1 aliphatic rings. The van der Waals surface area contributed by atoms with E-state index in [1.807, 2.05) is 97.1 Å². The Kier molecular flexibility index (Phi) is 11.5. The predicted octanol–water partition coefficient (Wildman–Crippen LogP) is 7.05. The fourth-order valence-corrected chi connectivity index (χ4v) is 5.09. The number of benzene rings is 4. The average molecular weight is 581 g/mol. The van der Waals surface area contributed by atoms with Gasteiger partial charge < -0.3 is 28.4 Å². The van der Waals surface area contributed by atoms with Crippen molar-refractivity contribution in [2.75, 3.05) is 13.7 Å². The second-order valence-corrected chi connectivity index (χ2v) is 10.5. The Bertz CT molecular complexity index is 1380. The smallest absolute Gasteiger partial charge is 0.118 e. The summed E-state index contributed by atoms with van der Waals surface area (Å²) in [6, 6.07) is 36.2. The molecule has 0 amide bonds. The van der Waals surface area contributed by atoms with E-state index < -0.39 is 24.4 Å². The van der Waals surface area contributed by atoms with Crippen LogP contribution in [0.25, 0.3) is 0 Å². The average Bonchev–Trinajstić information content (AvgIpc) is 3.07. The molecule has 1 heterocycles. The first-order valence-electron chi connectivity index (χ1n) is 14.7. The molecular formula is C37H40O6. The highest BCUT2D eigenvalue weighted by atomic mass is 16.6. The maximum Gasteiger partial charge on any atom is 0.118 e. The van der Waals surface area contributed by atoms with Crippen LogP contribution in [-0.4, -0.2) is 38.1 Å². The topological polar surface area (TPSA) is 55.4 Å². The van der Waals surface area contributed by atoms with E-state index in [0.29, 0.717) is 39.6 Å². The standard InChI is InChI=1S/C37H40O6/c1-3-34(40-22-28-12-6-4-7-13-28)36-37(42-24-29-14-8-5-9-15-29)35(41-23-30-18-20-33(38-2)21-19-30)27-39-25-31-16-10-11-17-32(31)26-43-36/h3-21,34-37H,1,22-27H2,2H3/t34?,35?,36-,37-/m0/s1. The van der Waals surface area contributed by atoms with Gasteiger partial charge in [0.1, 0.15) is 30.2 Å². The lowest BCUT2D eigenvalue weighted by atomic mass is 10.0. The van der Waals surface area contributed by atoms with Gasteiger partial charge in [-0.2, -0.15) is 0 Å². The molecule has 0 aliphatic carbocycles. The summed E-state index contributed by atoms with van der Waals surface area (Å²) in [6.45, 7) is 6.43. The SMILES string of the molecule is C=CC(OCc1ccccc1)[C@@H]1OCc2ccccc2COCC(OCc2ccc(OC)cc2)[C@@H]1OCc1ccccc1. The molecule has 2 unspecified atom stereocenters. The van der Waals surface area contributed by atoms with Crippen LogP contribution < -0.4 is 4.74 Å². The third-order valence-electron chi connectivity index (χ3n) is 7.53. The number of hydrogen-bond donors (Lipinski definition) is 0. The molecule has 6 heteroatoms. The molecular weight excluding hydrogens is 540 g/mol. The lowest BCUT2D eigenvalue weighted by Crippen LogP contribution is -2.50. The molecule has 0 aromatic heterocycles. The van der Waals surface area contributed by atoms with E-state index in [1.54, 1.807) is 13.2 Å². The first-order valence-corrected chi connectivity index (χ1v) is 14.7. The summed E-state index contributed by atoms with van der Waals surface area (Å²) >= 11 is 0. The summed E-state index contributed by atoms with van der Waals surface area (Å²) in [7, 11) is 1.66. The van der Waals surface area contributed by atoms with Crippen molar-refractivity contribution in [3.8, 4) is 5.75 Å². The van der Waals surface area contributed by atoms with Crippen molar-refractivity contribution >= 4 is 0 Å². The molecule has 0 N–H and O–H groups in total. The largest absolute Gasteiger partial charge is 0.497 e. The molecule has 1 aliphatic heterocycles. The van der Waals surface area contributed by atoms with Crippen molar-refractivity contribution in [1.29, 1.82) is 0 Å². The number of fused-ring (bicyclic) bond motifs is 1. The third-order valence-corrected chi connectivity index (χ3v) is 7.53. The first-order chi connectivity index (χ1) is 21.2. The fourth-order valence-electron chi connectivity index (χ4n) is 5.09. The van der Waals surface area contributed by atoms with Crippen LogP contribution in [0.5, 0.6) is 5.75 Å². The monoisotopic (exact) mass is 580 g/mol. The van der Waals surface area contributed by atoms with E-state index in [9.17, 15) is 0 Å². The molecule has 0 saturated heterocycles. The zero-order chi connectivity index (χ0) is 29.7. The number of methoxy groups -OCH3 is 1. The Morgan fingerprint density at radius 1 is 0.721 bits per heavy atom. The van der Waals surface area contributed by atoms with E-state index in [1.165, 1.54) is 0 Å². The fraction of sp³-hybridized carbons (Fsp3) is 0.297. The lowest BCUT2D eigenvalue weighted by Gasteiger charge is -2.37. The van der Waals surface area contributed by atoms with E-state index in [-0.39, 0.29) is 0 Å². The van der Waals surface area contributed by atoms with Gasteiger partial charge in [0.2, 0.25) is 0 Å². The van der Waals surface area contributed by atoms with Crippen molar-refractivity contribution in [2.24, 2.45) is 0 Å². The van der Waals surface area contributed by atoms with Gasteiger partial charge in [-0.25, -0.2) is 0 Å². The Hall–Kier alpha value is -3.78. The van der Waals surface area contributed by atoms with Crippen molar-refractivity contribution in [3.63, 3.8) is 0 Å². The van der Waals surface area contributed by atoms with Gasteiger partial charge in [0.15, 0.2) is 0 Å². The molecule has 4 atom stereocenters. The zero-order valence-electron chi connectivity index (χ0n) is 24.7. The van der Waals surface area contributed by atoms with Crippen LogP contribution in [0.15, 0.2) is 122 Å². The summed E-state index contributed by atoms with van der Waals surface area (Å²) in [5.74, 6) is 0.798. The van der Waals surface area contributed by atoms with Gasteiger partial charge in [0, 0.05) is 0 Å². The van der Waals surface area contributed by atoms with Gasteiger partial charge in [-0.05, 0) is 39.9 Å². The Morgan fingerprint density at radius 2 is 1.30 bits per heavy atom. The summed E-state index contributed by atoms with van der Waals surface area (Å²) in [5, 5.41) is 0. The lowest BCUT2D eigenvalue weighted by molar-refractivity contribution is -0.194. The maximum atomic E-state index is 6.73. The van der Waals surface area contributed by atoms with Gasteiger partial charge >= 0.3 is 0 Å². The van der Waals surface area contributed by atoms with Crippen molar-refractivity contribution in [1.82, 2.24) is 0 Å². The van der Waals surface area contributed by atoms with E-state index in [0.717, 1.165) is 33.6 Å². The minimum Gasteiger partial charge on any atom is -0.497 e. The highest BCUT2D eigenvalue weighted by molar-refractivity contribution is 5.27. The molecule has 43 heavy (non-hydrogen) atoms. The van der Waals surface area contributed by atoms with Crippen LogP contribution in [0.2, 0.25) is 0 Å². The molecule has 4 aromatic rings. The molecule has 6 nitrogen and oxygen atoms in total. The second kappa shape index (κ2) is 16.2. The molecule has 0 bridgehead atoms. The van der Waals surface area contributed by atoms with Crippen LogP contribution in [0.4, 0.5) is 0 Å². The van der Waals surface area contributed by atoms with Crippen LogP contribution in [0.1, 0.15) is 27.8 Å². The second-order valence-electron chi connectivity index (χ2n) is 10.5. The molecule has 224 valence electrons. The summed E-state index contributed by atoms with van der Waals surface area (Å²) in [6.07, 6.45) is -0.183. The summed E-state index contributed by atoms with van der Waals surface area (Å²) in [4.78, 5) is 0. The molecule has 5 rings (SSSR count). The molecule has 4 aromatic carbocycles. The number of hydrogen-bond acceptors (Lipinski definition) is 6. The molecule has 0 spiro atoms. The van der Waals surface area contributed by atoms with Gasteiger partial charge in [-0.3, -0.25) is 0 Å². The Morgan fingerprint density at radius 3 is 1.95 bits per heavy atom. The van der Waals surface area contributed by atoms with Gasteiger partial charge in [-0.15, -0.1) is 6.58 Å². The summed E-state index contributed by atoms with van der Waals surface area (Å²) < 4.78 is 38.1. The number of ether oxygens (including phenoxy) is 6. The highest BCUT2D eigenvalue weighted by Gasteiger charge is 2.38. The van der Waals surface area contributed by atoms with Crippen LogP contribution in [0, 0.1) is 0 Å². The van der Waals surface area contributed by atoms with Gasteiger partial charge in [-0.1, -0.05) is 103 Å². The minimum absolute atomic E-state index is 0.312. The highest BCUT2D eigenvalue weighted by Crippen LogP contribution is 2.26. The Balaban J connectivity index is 1.45. The third kappa shape index (κ3) is 8.86. The maximum absolute atomic E-state index is 6.73. The van der Waals surface area contributed by atoms with E-state index >= 15 is 0 Å². The zero-order valence-corrected chi connectivity index (χ0v) is 24.7. The van der Waals surface area contributed by atoms with Crippen LogP contribution in [0.3, 0.4) is 0 Å². The molecule has 0 saturated carbocycles. The van der Waals surface area contributed by atoms with Crippen LogP contribution >= 0.6 is 0 Å². The van der Waals surface area contributed by atoms with Crippen LogP contribution in [-0.2, 0) is 56.7 Å². The quantitative estimate of drug-likeness (QED) is 0.167. The van der Waals surface area contributed by atoms with Gasteiger partial charge in [0.05, 0.1) is 46.8 Å². The van der Waals surface area contributed by atoms with E-state index in [2.05, 4.69) is 18.7 Å². The summed E-state index contributed by atoms with van der Waals surface area (Å²) in [5.41, 5.74) is 5.29. The van der Waals surface area contributed by atoms with Gasteiger partial charge in [0.25, 0.3) is 0 Å². The first kappa shape index (κ1) is 30.7. The van der Waals surface area contributed by atoms with Crippen molar-refractivity contribution in [3.05, 3.63) is 150 Å². The van der Waals surface area contributed by atoms with Crippen molar-refractivity contribution < 1.29 is 28.4 Å². The van der Waals surface area contributed by atoms with E-state index in [4.69, 9.17) is 28.4 Å². The minimum atomic E-state index is -0.527. The molecule has 0 fully saturated rings. The van der Waals surface area contributed by atoms with Crippen molar-refractivity contribution in [2.45, 2.75) is 57.5 Å². The number of rotatable bonds is 12.